The number of nitrogens with one attached hydrogen (secondary N) is 1. The van der Waals surface area contributed by atoms with Crippen LogP contribution in [0.3, 0.4) is 0 Å². The molecule has 1 heterocycles. The number of morpholine rings is 1. The molecule has 0 aromatic heterocycles. The molecule has 1 aliphatic rings. The van der Waals surface area contributed by atoms with Gasteiger partial charge in [-0.1, -0.05) is 34.1 Å². The van der Waals surface area contributed by atoms with E-state index in [0.29, 0.717) is 6.04 Å². The molecule has 0 aliphatic carbocycles. The van der Waals surface area contributed by atoms with Crippen molar-refractivity contribution in [2.75, 3.05) is 26.3 Å². The van der Waals surface area contributed by atoms with Gasteiger partial charge < -0.3 is 10.1 Å². The zero-order valence-electron chi connectivity index (χ0n) is 13.1. The maximum atomic E-state index is 12.1. The normalized spacial score (nSPS) is 19.0. The van der Waals surface area contributed by atoms with Crippen molar-refractivity contribution in [3.8, 4) is 0 Å². The van der Waals surface area contributed by atoms with Gasteiger partial charge in [-0.2, -0.15) is 0 Å². The Kier molecular flexibility index (Phi) is 6.61. The van der Waals surface area contributed by atoms with E-state index in [1.165, 1.54) is 0 Å². The zero-order valence-corrected chi connectivity index (χ0v) is 14.7. The lowest BCUT2D eigenvalue weighted by atomic mass is 10.1. The van der Waals surface area contributed by atoms with Crippen LogP contribution in [0.5, 0.6) is 0 Å². The van der Waals surface area contributed by atoms with Gasteiger partial charge in [0.25, 0.3) is 0 Å². The second-order valence-electron chi connectivity index (χ2n) is 5.54. The first-order valence-electron chi connectivity index (χ1n) is 7.63. The molecule has 1 aromatic carbocycles. The number of carbonyl (C=O) groups excluding carboxylic acids is 1. The first-order valence-corrected chi connectivity index (χ1v) is 8.42. The van der Waals surface area contributed by atoms with Crippen molar-refractivity contribution >= 4 is 27.9 Å². The molecule has 1 aromatic rings. The molecule has 2 rings (SSSR count). The largest absolute Gasteiger partial charge is 0.379 e. The Morgan fingerprint density at radius 1 is 1.32 bits per heavy atom. The highest BCUT2D eigenvalue weighted by molar-refractivity contribution is 9.10. The van der Waals surface area contributed by atoms with E-state index in [9.17, 15) is 4.79 Å². The molecule has 1 fully saturated rings. The first kappa shape index (κ1) is 17.2. The molecule has 22 heavy (non-hydrogen) atoms. The van der Waals surface area contributed by atoms with Gasteiger partial charge in [-0.3, -0.25) is 9.69 Å². The van der Waals surface area contributed by atoms with Crippen molar-refractivity contribution < 1.29 is 9.53 Å². The molecule has 4 nitrogen and oxygen atoms in total. The zero-order chi connectivity index (χ0) is 15.9. The van der Waals surface area contributed by atoms with Crippen molar-refractivity contribution in [1.29, 1.82) is 0 Å². The number of ether oxygens (including phenoxy) is 1. The van der Waals surface area contributed by atoms with Gasteiger partial charge in [0, 0.05) is 35.7 Å². The van der Waals surface area contributed by atoms with E-state index in [1.807, 2.05) is 37.3 Å². The fourth-order valence-corrected chi connectivity index (χ4v) is 2.89. The van der Waals surface area contributed by atoms with E-state index in [-0.39, 0.29) is 11.9 Å². The molecule has 2 unspecified atom stereocenters. The quantitative estimate of drug-likeness (QED) is 0.814. The maximum Gasteiger partial charge on any atom is 0.244 e. The first-order chi connectivity index (χ1) is 10.6. The average molecular weight is 367 g/mol. The van der Waals surface area contributed by atoms with Gasteiger partial charge in [-0.25, -0.2) is 0 Å². The fraction of sp³-hybridized carbons (Fsp3) is 0.471. The number of hydrogen-bond acceptors (Lipinski definition) is 3. The lowest BCUT2D eigenvalue weighted by Gasteiger charge is -2.35. The SMILES string of the molecule is CC(NC(=O)C=Cc1ccccc1Br)C(C)N1CCOCC1. The summed E-state index contributed by atoms with van der Waals surface area (Å²) in [7, 11) is 0. The maximum absolute atomic E-state index is 12.1. The highest BCUT2D eigenvalue weighted by Crippen LogP contribution is 2.17. The minimum Gasteiger partial charge on any atom is -0.379 e. The van der Waals surface area contributed by atoms with Crippen molar-refractivity contribution in [2.24, 2.45) is 0 Å². The number of nitrogens with zero attached hydrogens (tertiary/aromatic N) is 1. The summed E-state index contributed by atoms with van der Waals surface area (Å²) in [5.74, 6) is -0.0663. The van der Waals surface area contributed by atoms with Crippen LogP contribution in [0.25, 0.3) is 6.08 Å². The van der Waals surface area contributed by atoms with E-state index in [1.54, 1.807) is 6.08 Å². The number of benzene rings is 1. The summed E-state index contributed by atoms with van der Waals surface area (Å²) in [6.45, 7) is 7.58. The van der Waals surface area contributed by atoms with Crippen LogP contribution in [0.15, 0.2) is 34.8 Å². The van der Waals surface area contributed by atoms with Gasteiger partial charge in [-0.15, -0.1) is 0 Å². The second-order valence-corrected chi connectivity index (χ2v) is 6.40. The Balaban J connectivity index is 1.86. The predicted octanol–water partition coefficient (Wildman–Crippen LogP) is 2.69. The van der Waals surface area contributed by atoms with Crippen molar-refractivity contribution in [3.63, 3.8) is 0 Å². The van der Waals surface area contributed by atoms with Crippen LogP contribution in [0.1, 0.15) is 19.4 Å². The standard InChI is InChI=1S/C17H23BrN2O2/c1-13(14(2)20-9-11-22-12-10-20)19-17(21)8-7-15-5-3-4-6-16(15)18/h3-8,13-14H,9-12H2,1-2H3,(H,19,21). The smallest absolute Gasteiger partial charge is 0.244 e. The molecule has 5 heteroatoms. The highest BCUT2D eigenvalue weighted by atomic mass is 79.9. The molecule has 0 radical (unpaired) electrons. The Hall–Kier alpha value is -1.17. The molecule has 1 saturated heterocycles. The molecular weight excluding hydrogens is 344 g/mol. The monoisotopic (exact) mass is 366 g/mol. The topological polar surface area (TPSA) is 41.6 Å². The number of amides is 1. The molecule has 1 amide bonds. The van der Waals surface area contributed by atoms with Gasteiger partial charge in [0.2, 0.25) is 5.91 Å². The summed E-state index contributed by atoms with van der Waals surface area (Å²) in [6.07, 6.45) is 3.41. The molecule has 0 saturated carbocycles. The molecule has 120 valence electrons. The summed E-state index contributed by atoms with van der Waals surface area (Å²) in [4.78, 5) is 14.4. The Labute approximate surface area is 140 Å². The lowest BCUT2D eigenvalue weighted by molar-refractivity contribution is -0.117. The van der Waals surface area contributed by atoms with E-state index < -0.39 is 0 Å². The van der Waals surface area contributed by atoms with E-state index in [2.05, 4.69) is 33.1 Å². The molecule has 0 bridgehead atoms. The Morgan fingerprint density at radius 3 is 2.68 bits per heavy atom. The summed E-state index contributed by atoms with van der Waals surface area (Å²) in [5, 5.41) is 3.04. The minimum atomic E-state index is -0.0663. The highest BCUT2D eigenvalue weighted by Gasteiger charge is 2.22. The van der Waals surface area contributed by atoms with Crippen LogP contribution < -0.4 is 5.32 Å². The van der Waals surface area contributed by atoms with Crippen LogP contribution in [0.2, 0.25) is 0 Å². The predicted molar refractivity (Wildman–Crippen MR) is 92.6 cm³/mol. The molecule has 1 aliphatic heterocycles. The third-order valence-electron chi connectivity index (χ3n) is 4.03. The molecule has 1 N–H and O–H groups in total. The molecule has 2 atom stereocenters. The number of rotatable bonds is 5. The molecule has 0 spiro atoms. The number of halogens is 1. The third kappa shape index (κ3) is 4.93. The van der Waals surface area contributed by atoms with Crippen LogP contribution in [-0.4, -0.2) is 49.2 Å². The summed E-state index contributed by atoms with van der Waals surface area (Å²) >= 11 is 3.47. The fourth-order valence-electron chi connectivity index (χ4n) is 2.47. The lowest BCUT2D eigenvalue weighted by Crippen LogP contribution is -2.51. The van der Waals surface area contributed by atoms with Gasteiger partial charge in [-0.05, 0) is 31.6 Å². The van der Waals surface area contributed by atoms with E-state index in [4.69, 9.17) is 4.74 Å². The second kappa shape index (κ2) is 8.46. The van der Waals surface area contributed by atoms with Gasteiger partial charge in [0.1, 0.15) is 0 Å². The van der Waals surface area contributed by atoms with Crippen LogP contribution in [0.4, 0.5) is 0 Å². The average Bonchev–Trinajstić information content (AvgIpc) is 2.54. The van der Waals surface area contributed by atoms with Crippen LogP contribution >= 0.6 is 15.9 Å². The van der Waals surface area contributed by atoms with E-state index >= 15 is 0 Å². The van der Waals surface area contributed by atoms with Crippen LogP contribution in [-0.2, 0) is 9.53 Å². The van der Waals surface area contributed by atoms with E-state index in [0.717, 1.165) is 36.3 Å². The van der Waals surface area contributed by atoms with Crippen LogP contribution in [0, 0.1) is 0 Å². The molecular formula is C17H23BrN2O2. The number of hydrogen-bond donors (Lipinski definition) is 1. The Morgan fingerprint density at radius 2 is 2.00 bits per heavy atom. The number of carbonyl (C=O) groups is 1. The van der Waals surface area contributed by atoms with Gasteiger partial charge in [0.15, 0.2) is 0 Å². The van der Waals surface area contributed by atoms with Crippen molar-refractivity contribution in [1.82, 2.24) is 10.2 Å². The minimum absolute atomic E-state index is 0.0663. The van der Waals surface area contributed by atoms with Gasteiger partial charge >= 0.3 is 0 Å². The van der Waals surface area contributed by atoms with Gasteiger partial charge in [0.05, 0.1) is 13.2 Å². The summed E-state index contributed by atoms with van der Waals surface area (Å²) < 4.78 is 6.35. The Bertz CT molecular complexity index is 527. The van der Waals surface area contributed by atoms with Crippen molar-refractivity contribution in [3.05, 3.63) is 40.4 Å². The summed E-state index contributed by atoms with van der Waals surface area (Å²) in [6, 6.07) is 8.21. The third-order valence-corrected chi connectivity index (χ3v) is 4.76. The van der Waals surface area contributed by atoms with Crippen molar-refractivity contribution in [2.45, 2.75) is 25.9 Å². The summed E-state index contributed by atoms with van der Waals surface area (Å²) in [5.41, 5.74) is 0.992.